The molecule has 1 aliphatic rings. The van der Waals surface area contributed by atoms with Crippen LogP contribution in [0.3, 0.4) is 0 Å². The predicted octanol–water partition coefficient (Wildman–Crippen LogP) is 0.702. The van der Waals surface area contributed by atoms with E-state index in [9.17, 15) is 12.8 Å². The van der Waals surface area contributed by atoms with Crippen molar-refractivity contribution in [2.75, 3.05) is 40.8 Å². The van der Waals surface area contributed by atoms with Gasteiger partial charge in [-0.25, -0.2) is 17.1 Å². The molecule has 1 aromatic carbocycles. The quantitative estimate of drug-likeness (QED) is 0.848. The van der Waals surface area contributed by atoms with Crippen molar-refractivity contribution in [1.82, 2.24) is 24.7 Å². The molecule has 10 heteroatoms. The molecule has 1 aromatic heterocycles. The summed E-state index contributed by atoms with van der Waals surface area (Å²) in [6.45, 7) is 2.36. The lowest BCUT2D eigenvalue weighted by Crippen LogP contribution is -2.44. The first-order valence-corrected chi connectivity index (χ1v) is 9.21. The maximum atomic E-state index is 14.2. The summed E-state index contributed by atoms with van der Waals surface area (Å²) in [5.41, 5.74) is -0.0342. The van der Waals surface area contributed by atoms with E-state index in [-0.39, 0.29) is 22.4 Å². The first-order valence-electron chi connectivity index (χ1n) is 7.77. The number of halogens is 1. The van der Waals surface area contributed by atoms with E-state index in [2.05, 4.69) is 20.4 Å². The van der Waals surface area contributed by atoms with Crippen molar-refractivity contribution in [3.8, 4) is 11.5 Å². The topological polar surface area (TPSA) is 91.6 Å². The van der Waals surface area contributed by atoms with Gasteiger partial charge in [-0.3, -0.25) is 4.90 Å². The summed E-state index contributed by atoms with van der Waals surface area (Å²) in [5.74, 6) is -0.227. The third-order valence-electron chi connectivity index (χ3n) is 4.20. The summed E-state index contributed by atoms with van der Waals surface area (Å²) in [4.78, 5) is 6.32. The molecule has 1 fully saturated rings. The van der Waals surface area contributed by atoms with Gasteiger partial charge in [0, 0.05) is 33.7 Å². The Morgan fingerprint density at radius 2 is 2.16 bits per heavy atom. The molecule has 0 bridgehead atoms. The van der Waals surface area contributed by atoms with Gasteiger partial charge in [-0.2, -0.15) is 4.98 Å². The lowest BCUT2D eigenvalue weighted by Gasteiger charge is -2.30. The molecule has 0 spiro atoms. The standard InChI is InChI=1S/C15H20FN5O3S/c1-20(2)25(22,23)10-4-5-12(16)11(8-10)15-18-14(19-24-15)13-9-17-6-7-21(13)3/h4-5,8,13,17H,6-7,9H2,1-3H3. The summed E-state index contributed by atoms with van der Waals surface area (Å²) in [6, 6.07) is 3.43. The molecule has 1 unspecified atom stereocenters. The van der Waals surface area contributed by atoms with Gasteiger partial charge in [-0.05, 0) is 25.2 Å². The van der Waals surface area contributed by atoms with Gasteiger partial charge in [0.2, 0.25) is 10.0 Å². The van der Waals surface area contributed by atoms with Crippen LogP contribution in [-0.2, 0) is 10.0 Å². The normalized spacial score (nSPS) is 19.5. The Bertz CT molecular complexity index is 868. The second kappa shape index (κ2) is 6.79. The Hall–Kier alpha value is -1.88. The van der Waals surface area contributed by atoms with Gasteiger partial charge >= 0.3 is 0 Å². The minimum atomic E-state index is -3.69. The number of rotatable bonds is 4. The Balaban J connectivity index is 1.97. The zero-order chi connectivity index (χ0) is 18.2. The van der Waals surface area contributed by atoms with Crippen LogP contribution in [0.15, 0.2) is 27.6 Å². The summed E-state index contributed by atoms with van der Waals surface area (Å²) < 4.78 is 45.0. The highest BCUT2D eigenvalue weighted by Gasteiger charge is 2.27. The molecule has 1 N–H and O–H groups in total. The van der Waals surface area contributed by atoms with Crippen molar-refractivity contribution < 1.29 is 17.3 Å². The highest BCUT2D eigenvalue weighted by molar-refractivity contribution is 7.89. The van der Waals surface area contributed by atoms with E-state index in [1.807, 2.05) is 7.05 Å². The molecule has 0 saturated carbocycles. The van der Waals surface area contributed by atoms with Crippen LogP contribution in [-0.4, -0.2) is 68.5 Å². The van der Waals surface area contributed by atoms with Crippen molar-refractivity contribution in [3.63, 3.8) is 0 Å². The van der Waals surface area contributed by atoms with E-state index in [1.165, 1.54) is 26.2 Å². The zero-order valence-corrected chi connectivity index (χ0v) is 15.0. The van der Waals surface area contributed by atoms with E-state index in [0.717, 1.165) is 23.5 Å². The smallest absolute Gasteiger partial charge is 0.261 e. The third-order valence-corrected chi connectivity index (χ3v) is 6.01. The number of nitrogens with one attached hydrogen (secondary N) is 1. The van der Waals surface area contributed by atoms with Crippen LogP contribution in [0.1, 0.15) is 11.9 Å². The monoisotopic (exact) mass is 369 g/mol. The third kappa shape index (κ3) is 3.43. The van der Waals surface area contributed by atoms with Gasteiger partial charge in [0.15, 0.2) is 5.82 Å². The van der Waals surface area contributed by atoms with Crippen LogP contribution in [0.4, 0.5) is 4.39 Å². The minimum absolute atomic E-state index is 0.0342. The van der Waals surface area contributed by atoms with Gasteiger partial charge in [-0.15, -0.1) is 0 Å². The average Bonchev–Trinajstić information content (AvgIpc) is 3.05. The molecule has 1 aliphatic heterocycles. The van der Waals surface area contributed by atoms with Crippen molar-refractivity contribution in [2.24, 2.45) is 0 Å². The molecule has 0 aliphatic carbocycles. The van der Waals surface area contributed by atoms with Crippen molar-refractivity contribution in [2.45, 2.75) is 10.9 Å². The fraction of sp³-hybridized carbons (Fsp3) is 0.467. The molecule has 2 aromatic rings. The molecule has 1 atom stereocenters. The Morgan fingerprint density at radius 3 is 2.84 bits per heavy atom. The van der Waals surface area contributed by atoms with Gasteiger partial charge < -0.3 is 9.84 Å². The van der Waals surface area contributed by atoms with Crippen molar-refractivity contribution in [3.05, 3.63) is 29.8 Å². The summed E-state index contributed by atoms with van der Waals surface area (Å²) in [5, 5.41) is 7.18. The molecule has 25 heavy (non-hydrogen) atoms. The number of likely N-dealkylation sites (N-methyl/N-ethyl adjacent to an activating group) is 1. The van der Waals surface area contributed by atoms with Crippen LogP contribution in [0, 0.1) is 5.82 Å². The van der Waals surface area contributed by atoms with E-state index >= 15 is 0 Å². The molecular formula is C15H20FN5O3S. The summed E-state index contributed by atoms with van der Waals surface area (Å²) >= 11 is 0. The number of piperazine rings is 1. The summed E-state index contributed by atoms with van der Waals surface area (Å²) in [7, 11) is 1.09. The van der Waals surface area contributed by atoms with Crippen LogP contribution >= 0.6 is 0 Å². The highest BCUT2D eigenvalue weighted by atomic mass is 32.2. The SMILES string of the molecule is CN1CCNCC1c1noc(-c2cc(S(=O)(=O)N(C)C)ccc2F)n1. The number of hydrogen-bond acceptors (Lipinski definition) is 7. The maximum Gasteiger partial charge on any atom is 0.261 e. The number of aromatic nitrogens is 2. The van der Waals surface area contributed by atoms with Crippen LogP contribution < -0.4 is 5.32 Å². The largest absolute Gasteiger partial charge is 0.334 e. The molecule has 8 nitrogen and oxygen atoms in total. The second-order valence-electron chi connectivity index (χ2n) is 6.09. The van der Waals surface area contributed by atoms with Crippen LogP contribution in [0.5, 0.6) is 0 Å². The van der Waals surface area contributed by atoms with Gasteiger partial charge in [0.25, 0.3) is 5.89 Å². The second-order valence-corrected chi connectivity index (χ2v) is 8.24. The number of hydrogen-bond donors (Lipinski definition) is 1. The van der Waals surface area contributed by atoms with E-state index in [4.69, 9.17) is 4.52 Å². The Labute approximate surface area is 145 Å². The first kappa shape index (κ1) is 17.9. The fourth-order valence-corrected chi connectivity index (χ4v) is 3.54. The first-order chi connectivity index (χ1) is 11.8. The van der Waals surface area contributed by atoms with Crippen molar-refractivity contribution in [1.29, 1.82) is 0 Å². The Kier molecular flexibility index (Phi) is 4.87. The van der Waals surface area contributed by atoms with Gasteiger partial charge in [0.05, 0.1) is 16.5 Å². The van der Waals surface area contributed by atoms with Gasteiger partial charge in [0.1, 0.15) is 5.82 Å². The van der Waals surface area contributed by atoms with Gasteiger partial charge in [-0.1, -0.05) is 5.16 Å². The molecule has 0 amide bonds. The molecule has 0 radical (unpaired) electrons. The lowest BCUT2D eigenvalue weighted by molar-refractivity contribution is 0.190. The number of sulfonamides is 1. The Morgan fingerprint density at radius 1 is 1.40 bits per heavy atom. The fourth-order valence-electron chi connectivity index (χ4n) is 2.61. The zero-order valence-electron chi connectivity index (χ0n) is 14.2. The molecule has 1 saturated heterocycles. The summed E-state index contributed by atoms with van der Waals surface area (Å²) in [6.07, 6.45) is 0. The minimum Gasteiger partial charge on any atom is -0.334 e. The highest BCUT2D eigenvalue weighted by Crippen LogP contribution is 2.27. The maximum absolute atomic E-state index is 14.2. The van der Waals surface area contributed by atoms with E-state index < -0.39 is 15.8 Å². The molecular weight excluding hydrogens is 349 g/mol. The van der Waals surface area contributed by atoms with Crippen LogP contribution in [0.2, 0.25) is 0 Å². The number of nitrogens with zero attached hydrogens (tertiary/aromatic N) is 4. The van der Waals surface area contributed by atoms with Crippen LogP contribution in [0.25, 0.3) is 11.5 Å². The average molecular weight is 369 g/mol. The van der Waals surface area contributed by atoms with E-state index in [1.54, 1.807) is 0 Å². The molecule has 3 rings (SSSR count). The van der Waals surface area contributed by atoms with E-state index in [0.29, 0.717) is 12.4 Å². The molecule has 2 heterocycles. The van der Waals surface area contributed by atoms with Crippen molar-refractivity contribution >= 4 is 10.0 Å². The predicted molar refractivity (Wildman–Crippen MR) is 88.8 cm³/mol. The molecule has 136 valence electrons. The lowest BCUT2D eigenvalue weighted by atomic mass is 10.2. The number of benzene rings is 1.